The molecule has 0 fully saturated rings. The number of unbranched alkanes of at least 4 members (excludes halogenated alkanes) is 15. The first-order valence-electron chi connectivity index (χ1n) is 25.4. The van der Waals surface area contributed by atoms with Gasteiger partial charge in [0.2, 0.25) is 0 Å². The highest BCUT2D eigenvalue weighted by molar-refractivity contribution is 5.71. The lowest BCUT2D eigenvalue weighted by molar-refractivity contribution is -0.166. The molecule has 0 aliphatic carbocycles. The van der Waals surface area contributed by atoms with Crippen molar-refractivity contribution in [3.05, 3.63) is 109 Å². The Balaban J connectivity index is 4.54. The van der Waals surface area contributed by atoms with E-state index in [0.29, 0.717) is 19.3 Å². The molecule has 0 aromatic heterocycles. The first-order valence-corrected chi connectivity index (χ1v) is 25.4. The number of rotatable bonds is 44. The number of allylic oxidation sites excluding steroid dienone is 18. The summed E-state index contributed by atoms with van der Waals surface area (Å²) in [5, 5.41) is 0. The quantitative estimate of drug-likeness (QED) is 0.0263. The number of hydrogen-bond donors (Lipinski definition) is 0. The fourth-order valence-corrected chi connectivity index (χ4v) is 6.44. The van der Waals surface area contributed by atoms with Crippen LogP contribution in [0.1, 0.15) is 213 Å². The summed E-state index contributed by atoms with van der Waals surface area (Å²) in [6.07, 6.45) is 67.9. The lowest BCUT2D eigenvalue weighted by Gasteiger charge is -2.18. The highest BCUT2D eigenvalue weighted by Gasteiger charge is 2.19. The van der Waals surface area contributed by atoms with E-state index >= 15 is 0 Å². The maximum absolute atomic E-state index is 12.8. The summed E-state index contributed by atoms with van der Waals surface area (Å²) in [5.41, 5.74) is 0. The highest BCUT2D eigenvalue weighted by atomic mass is 16.6. The second kappa shape index (κ2) is 50.7. The second-order valence-corrected chi connectivity index (χ2v) is 16.3. The average molecular weight is 873 g/mol. The van der Waals surface area contributed by atoms with E-state index in [-0.39, 0.29) is 37.5 Å². The minimum Gasteiger partial charge on any atom is -0.462 e. The van der Waals surface area contributed by atoms with Crippen molar-refractivity contribution in [3.8, 4) is 0 Å². The zero-order valence-electron chi connectivity index (χ0n) is 40.5. The number of carbonyl (C=O) groups is 3. The molecule has 0 radical (unpaired) electrons. The van der Waals surface area contributed by atoms with Crippen LogP contribution in [0.4, 0.5) is 0 Å². The van der Waals surface area contributed by atoms with Crippen molar-refractivity contribution in [3.63, 3.8) is 0 Å². The van der Waals surface area contributed by atoms with Gasteiger partial charge in [-0.25, -0.2) is 0 Å². The smallest absolute Gasteiger partial charge is 0.306 e. The molecule has 0 amide bonds. The Morgan fingerprint density at radius 1 is 0.333 bits per heavy atom. The molecule has 63 heavy (non-hydrogen) atoms. The minimum atomic E-state index is -0.820. The Bertz CT molecular complexity index is 1330. The van der Waals surface area contributed by atoms with Crippen molar-refractivity contribution >= 4 is 17.9 Å². The second-order valence-electron chi connectivity index (χ2n) is 16.3. The van der Waals surface area contributed by atoms with Crippen molar-refractivity contribution in [1.29, 1.82) is 0 Å². The molecule has 0 saturated heterocycles. The van der Waals surface area contributed by atoms with Crippen LogP contribution in [0.25, 0.3) is 0 Å². The molecule has 6 heteroatoms. The zero-order valence-corrected chi connectivity index (χ0v) is 40.5. The van der Waals surface area contributed by atoms with Crippen molar-refractivity contribution in [2.24, 2.45) is 0 Å². The average Bonchev–Trinajstić information content (AvgIpc) is 3.28. The van der Waals surface area contributed by atoms with Crippen LogP contribution in [0.2, 0.25) is 0 Å². The van der Waals surface area contributed by atoms with Crippen LogP contribution in [0, 0.1) is 0 Å². The molecular formula is C57H92O6. The molecule has 0 spiro atoms. The molecule has 0 aliphatic heterocycles. The SMILES string of the molecule is CC/C=C\C/C=C\C/C=C\C/C=C\C/C=C\C/C=C\CCC(=O)OCC(COC(=O)CCCCCCC/C=C\CCCCCC)OC(=O)CCCCCCC/C=C\C/C=C\CCC. The number of esters is 3. The van der Waals surface area contributed by atoms with Gasteiger partial charge in [0.05, 0.1) is 0 Å². The molecule has 0 aliphatic rings. The Labute approximate surface area is 387 Å². The normalized spacial score (nSPS) is 13.0. The maximum atomic E-state index is 12.8. The Kier molecular flexibility index (Phi) is 47.5. The Hall–Kier alpha value is -3.93. The van der Waals surface area contributed by atoms with Gasteiger partial charge in [-0.05, 0) is 109 Å². The monoisotopic (exact) mass is 873 g/mol. The van der Waals surface area contributed by atoms with Gasteiger partial charge in [0.1, 0.15) is 13.2 Å². The molecule has 0 heterocycles. The molecule has 0 rings (SSSR count). The fraction of sp³-hybridized carbons (Fsp3) is 0.632. The molecule has 1 atom stereocenters. The lowest BCUT2D eigenvalue weighted by atomic mass is 10.1. The van der Waals surface area contributed by atoms with Crippen LogP contribution in [0.15, 0.2) is 109 Å². The van der Waals surface area contributed by atoms with Gasteiger partial charge in [-0.1, -0.05) is 194 Å². The van der Waals surface area contributed by atoms with Crippen molar-refractivity contribution in [2.45, 2.75) is 219 Å². The van der Waals surface area contributed by atoms with Gasteiger partial charge in [-0.15, -0.1) is 0 Å². The van der Waals surface area contributed by atoms with Gasteiger partial charge in [0, 0.05) is 19.3 Å². The van der Waals surface area contributed by atoms with Gasteiger partial charge in [-0.3, -0.25) is 14.4 Å². The summed E-state index contributed by atoms with van der Waals surface area (Å²) < 4.78 is 16.7. The van der Waals surface area contributed by atoms with Gasteiger partial charge in [0.25, 0.3) is 0 Å². The van der Waals surface area contributed by atoms with Crippen LogP contribution >= 0.6 is 0 Å². The van der Waals surface area contributed by atoms with E-state index < -0.39 is 6.10 Å². The Morgan fingerprint density at radius 3 is 1.14 bits per heavy atom. The predicted molar refractivity (Wildman–Crippen MR) is 270 cm³/mol. The first kappa shape index (κ1) is 59.1. The molecule has 1 unspecified atom stereocenters. The summed E-state index contributed by atoms with van der Waals surface area (Å²) in [6.45, 7) is 6.34. The zero-order chi connectivity index (χ0) is 45.8. The van der Waals surface area contributed by atoms with E-state index in [9.17, 15) is 14.4 Å². The Morgan fingerprint density at radius 2 is 0.683 bits per heavy atom. The summed E-state index contributed by atoms with van der Waals surface area (Å²) in [5.74, 6) is -1.03. The molecule has 0 aromatic rings. The molecule has 6 nitrogen and oxygen atoms in total. The number of carbonyl (C=O) groups excluding carboxylic acids is 3. The van der Waals surface area contributed by atoms with Crippen LogP contribution in [0.3, 0.4) is 0 Å². The molecule has 356 valence electrons. The van der Waals surface area contributed by atoms with E-state index in [1.165, 1.54) is 44.9 Å². The van der Waals surface area contributed by atoms with Gasteiger partial charge < -0.3 is 14.2 Å². The fourth-order valence-electron chi connectivity index (χ4n) is 6.44. The summed E-state index contributed by atoms with van der Waals surface area (Å²) >= 11 is 0. The van der Waals surface area contributed by atoms with Gasteiger partial charge >= 0.3 is 17.9 Å². The molecule has 0 bridgehead atoms. The highest BCUT2D eigenvalue weighted by Crippen LogP contribution is 2.12. The van der Waals surface area contributed by atoms with Crippen LogP contribution in [-0.4, -0.2) is 37.2 Å². The molecular weight excluding hydrogens is 781 g/mol. The minimum absolute atomic E-state index is 0.113. The summed E-state index contributed by atoms with van der Waals surface area (Å²) in [7, 11) is 0. The van der Waals surface area contributed by atoms with E-state index in [1.807, 2.05) is 12.2 Å². The van der Waals surface area contributed by atoms with Crippen LogP contribution < -0.4 is 0 Å². The van der Waals surface area contributed by atoms with Crippen LogP contribution in [0.5, 0.6) is 0 Å². The number of hydrogen-bond acceptors (Lipinski definition) is 6. The standard InChI is InChI=1S/C57H92O6/c1-4-7-10-13-16-19-22-25-26-27-28-29-30-33-35-38-41-44-47-50-56(59)62-53-54(63-57(60)51-48-45-42-39-36-32-24-21-18-15-12-9-6-3)52-61-55(58)49-46-43-40-37-34-31-23-20-17-14-11-8-5-2/h7,10,12,15-16,19-21,23-26,28-29,33,35,41,44,54H,4-6,8-9,11,13-14,17-18,22,27,30-32,34,36-40,42-43,45-53H2,1-3H3/b10-7-,15-12-,19-16-,23-20-,24-21-,26-25-,29-28-,35-33-,44-41-. The van der Waals surface area contributed by atoms with E-state index in [0.717, 1.165) is 122 Å². The third kappa shape index (κ3) is 49.0. The lowest BCUT2D eigenvalue weighted by Crippen LogP contribution is -2.30. The largest absolute Gasteiger partial charge is 0.462 e. The van der Waals surface area contributed by atoms with E-state index in [1.54, 1.807) is 0 Å². The van der Waals surface area contributed by atoms with Crippen molar-refractivity contribution in [1.82, 2.24) is 0 Å². The molecule has 0 saturated carbocycles. The van der Waals surface area contributed by atoms with Gasteiger partial charge in [0.15, 0.2) is 6.10 Å². The van der Waals surface area contributed by atoms with E-state index in [4.69, 9.17) is 14.2 Å². The third-order valence-corrected chi connectivity index (χ3v) is 10.2. The molecule has 0 aromatic carbocycles. The van der Waals surface area contributed by atoms with Crippen molar-refractivity contribution in [2.75, 3.05) is 13.2 Å². The van der Waals surface area contributed by atoms with Gasteiger partial charge in [-0.2, -0.15) is 0 Å². The topological polar surface area (TPSA) is 78.9 Å². The van der Waals surface area contributed by atoms with Crippen LogP contribution in [-0.2, 0) is 28.6 Å². The third-order valence-electron chi connectivity index (χ3n) is 10.2. The predicted octanol–water partition coefficient (Wildman–Crippen LogP) is 16.8. The van der Waals surface area contributed by atoms with Crippen molar-refractivity contribution < 1.29 is 28.6 Å². The number of ether oxygens (including phenoxy) is 3. The first-order chi connectivity index (χ1) is 31.0. The maximum Gasteiger partial charge on any atom is 0.306 e. The summed E-state index contributed by atoms with van der Waals surface area (Å²) in [6, 6.07) is 0. The summed E-state index contributed by atoms with van der Waals surface area (Å²) in [4.78, 5) is 37.9. The molecule has 0 N–H and O–H groups in total. The van der Waals surface area contributed by atoms with E-state index in [2.05, 4.69) is 118 Å².